The molecule has 2 aliphatic heterocycles. The minimum atomic E-state index is -1.95. The van der Waals surface area contributed by atoms with Crippen LogP contribution in [0.5, 0.6) is 0 Å². The van der Waals surface area contributed by atoms with E-state index < -0.39 is 112 Å². The van der Waals surface area contributed by atoms with Gasteiger partial charge in [-0.15, -0.1) is 0 Å². The Kier molecular flexibility index (Phi) is 6.30. The number of carbonyl (C=O) groups is 3. The Morgan fingerprint density at radius 3 is 2.09 bits per heavy atom. The molecule has 4 N–H and O–H groups in total. The highest BCUT2D eigenvalue weighted by Gasteiger charge is 2.81. The molecule has 11 heteroatoms. The Morgan fingerprint density at radius 2 is 1.48 bits per heavy atom. The zero-order valence-electron chi connectivity index (χ0n) is 26.6. The van der Waals surface area contributed by atoms with Gasteiger partial charge in [0, 0.05) is 30.6 Å². The van der Waals surface area contributed by atoms with Crippen molar-refractivity contribution in [3.05, 3.63) is 11.8 Å². The van der Waals surface area contributed by atoms with E-state index in [2.05, 4.69) is 0 Å². The van der Waals surface area contributed by atoms with Crippen molar-refractivity contribution >= 4 is 17.9 Å². The van der Waals surface area contributed by atoms with Crippen molar-refractivity contribution in [1.82, 2.24) is 0 Å². The highest BCUT2D eigenvalue weighted by molar-refractivity contribution is 5.85. The van der Waals surface area contributed by atoms with Crippen LogP contribution in [0.4, 0.5) is 0 Å². The minimum Gasteiger partial charge on any atom is -0.462 e. The molecule has 4 saturated carbocycles. The monoisotopic (exact) mass is 618 g/mol. The van der Waals surface area contributed by atoms with Gasteiger partial charge in [0.15, 0.2) is 5.60 Å². The number of carbonyl (C=O) groups excluding carboxylic acids is 3. The molecule has 6 fully saturated rings. The summed E-state index contributed by atoms with van der Waals surface area (Å²) in [5.74, 6) is -5.57. The van der Waals surface area contributed by atoms with E-state index in [-0.39, 0.29) is 18.1 Å². The van der Waals surface area contributed by atoms with Crippen LogP contribution < -0.4 is 0 Å². The molecule has 7 aliphatic rings. The number of fused-ring (bicyclic) bond motifs is 10. The molecule has 44 heavy (non-hydrogen) atoms. The molecule has 7 rings (SSSR count). The molecule has 0 aromatic heterocycles. The van der Waals surface area contributed by atoms with Crippen molar-refractivity contribution in [2.24, 2.45) is 63.6 Å². The lowest BCUT2D eigenvalue weighted by molar-refractivity contribution is -0.283. The first-order valence-corrected chi connectivity index (χ1v) is 16.1. The summed E-state index contributed by atoms with van der Waals surface area (Å²) in [7, 11) is 0. The van der Waals surface area contributed by atoms with Gasteiger partial charge in [-0.3, -0.25) is 9.59 Å². The first-order chi connectivity index (χ1) is 20.4. The standard InChI is InChI=1S/C33H46O11/c1-11-9-17-32(7,33(8,40)29(39)44-17)22-19(11)31(6)21(25(22)38)18-20(12(2)27(31)41-13(3)34)30(5)15(23(36)24(18)37)10-16-26(43-16)28(30)42-14(4)35/h9,11-12,15-16,18-28,36-38,40H,10H2,1-8H3/t11-,12+,15-,16+,18-,19+,20+,21-,22+,23+,24-,25-,26+,27+,28+,30+,31-,32+,33-/m1/s1. The number of hydrogen-bond acceptors (Lipinski definition) is 11. The number of epoxide rings is 1. The van der Waals surface area contributed by atoms with Gasteiger partial charge in [-0.2, -0.15) is 0 Å². The Morgan fingerprint density at radius 1 is 0.864 bits per heavy atom. The molecule has 0 aromatic carbocycles. The van der Waals surface area contributed by atoms with Crippen LogP contribution in [-0.2, 0) is 33.3 Å². The van der Waals surface area contributed by atoms with Crippen molar-refractivity contribution < 1.29 is 53.8 Å². The van der Waals surface area contributed by atoms with Crippen molar-refractivity contribution in [3.63, 3.8) is 0 Å². The summed E-state index contributed by atoms with van der Waals surface area (Å²) in [5, 5.41) is 48.2. The molecule has 11 nitrogen and oxygen atoms in total. The summed E-state index contributed by atoms with van der Waals surface area (Å²) in [6.45, 7) is 13.8. The molecular formula is C33H46O11. The number of ether oxygens (including phenoxy) is 4. The van der Waals surface area contributed by atoms with Crippen LogP contribution in [0.15, 0.2) is 11.8 Å². The van der Waals surface area contributed by atoms with Crippen LogP contribution in [0.1, 0.15) is 61.8 Å². The van der Waals surface area contributed by atoms with Gasteiger partial charge in [0.1, 0.15) is 24.1 Å². The maximum atomic E-state index is 13.0. The topological polar surface area (TPSA) is 172 Å². The largest absolute Gasteiger partial charge is 0.462 e. The van der Waals surface area contributed by atoms with E-state index in [0.717, 1.165) is 0 Å². The van der Waals surface area contributed by atoms with Crippen molar-refractivity contribution in [3.8, 4) is 0 Å². The second kappa shape index (κ2) is 9.06. The maximum absolute atomic E-state index is 13.0. The number of hydrogen-bond donors (Lipinski definition) is 4. The smallest absolute Gasteiger partial charge is 0.343 e. The van der Waals surface area contributed by atoms with Crippen LogP contribution in [0.2, 0.25) is 0 Å². The predicted molar refractivity (Wildman–Crippen MR) is 151 cm³/mol. The lowest BCUT2D eigenvalue weighted by Gasteiger charge is -2.67. The summed E-state index contributed by atoms with van der Waals surface area (Å²) in [4.78, 5) is 38.3. The number of aliphatic hydroxyl groups excluding tert-OH is 3. The van der Waals surface area contributed by atoms with Gasteiger partial charge in [-0.1, -0.05) is 27.7 Å². The molecule has 0 amide bonds. The third kappa shape index (κ3) is 3.33. The number of rotatable bonds is 2. The normalized spacial score (nSPS) is 59.9. The molecule has 0 aromatic rings. The van der Waals surface area contributed by atoms with E-state index in [4.69, 9.17) is 18.9 Å². The molecule has 0 unspecified atom stereocenters. The van der Waals surface area contributed by atoms with Gasteiger partial charge in [0.05, 0.1) is 29.8 Å². The van der Waals surface area contributed by atoms with Crippen LogP contribution in [0, 0.1) is 63.6 Å². The average molecular weight is 619 g/mol. The van der Waals surface area contributed by atoms with E-state index in [1.165, 1.54) is 20.8 Å². The second-order valence-corrected chi connectivity index (χ2v) is 15.8. The molecule has 0 bridgehead atoms. The third-order valence-electron chi connectivity index (χ3n) is 14.1. The second-order valence-electron chi connectivity index (χ2n) is 15.8. The van der Waals surface area contributed by atoms with Gasteiger partial charge in [0.25, 0.3) is 0 Å². The Labute approximate surface area is 257 Å². The van der Waals surface area contributed by atoms with Crippen molar-refractivity contribution in [1.29, 1.82) is 0 Å². The molecule has 5 aliphatic carbocycles. The first kappa shape index (κ1) is 30.6. The van der Waals surface area contributed by atoms with E-state index in [1.54, 1.807) is 6.92 Å². The zero-order valence-corrected chi connectivity index (χ0v) is 26.6. The van der Waals surface area contributed by atoms with E-state index in [1.807, 2.05) is 33.8 Å². The minimum absolute atomic E-state index is 0.198. The average Bonchev–Trinajstić information content (AvgIpc) is 3.61. The molecule has 0 radical (unpaired) electrons. The number of aliphatic hydroxyl groups is 4. The summed E-state index contributed by atoms with van der Waals surface area (Å²) in [5.41, 5.74) is -5.09. The number of allylic oxidation sites excluding steroid dienone is 1. The fourth-order valence-electron chi connectivity index (χ4n) is 12.4. The van der Waals surface area contributed by atoms with Gasteiger partial charge < -0.3 is 39.4 Å². The highest BCUT2D eigenvalue weighted by Crippen LogP contribution is 2.76. The molecule has 0 spiro atoms. The summed E-state index contributed by atoms with van der Waals surface area (Å²) in [6.07, 6.45) is -3.30. The predicted octanol–water partition coefficient (Wildman–Crippen LogP) is 1.34. The maximum Gasteiger partial charge on any atom is 0.343 e. The number of esters is 3. The van der Waals surface area contributed by atoms with Crippen molar-refractivity contribution in [2.45, 2.75) is 110 Å². The Balaban J connectivity index is 1.45. The molecule has 19 atom stereocenters. The van der Waals surface area contributed by atoms with E-state index in [0.29, 0.717) is 12.2 Å². The Bertz CT molecular complexity index is 1340. The van der Waals surface area contributed by atoms with Gasteiger partial charge in [-0.25, -0.2) is 4.79 Å². The van der Waals surface area contributed by atoms with E-state index >= 15 is 0 Å². The van der Waals surface area contributed by atoms with E-state index in [9.17, 15) is 34.8 Å². The van der Waals surface area contributed by atoms with Crippen molar-refractivity contribution in [2.75, 3.05) is 0 Å². The SMILES string of the molecule is CC(=O)O[C@H]1[C@@H](C)[C@H]2[C@@H]([C@@H](O)[C@@H](O)[C@H]3C[C@@H]4O[C@@H]4[C@H](OC(C)=O)[C@]23C)[C@@H]2[C@@H](O)[C@@H]3[C@H]([C@H](C)C=C4OC(=O)[C@@](C)(O)[C@@]43C)[C@]21C. The lowest BCUT2D eigenvalue weighted by Crippen LogP contribution is -2.73. The molecule has 2 saturated heterocycles. The summed E-state index contributed by atoms with van der Waals surface area (Å²) in [6, 6.07) is 0. The fraction of sp³-hybridized carbons (Fsp3) is 0.848. The summed E-state index contributed by atoms with van der Waals surface area (Å²) >= 11 is 0. The fourth-order valence-corrected chi connectivity index (χ4v) is 12.4. The highest BCUT2D eigenvalue weighted by atomic mass is 16.6. The first-order valence-electron chi connectivity index (χ1n) is 16.1. The Hall–Kier alpha value is -2.05. The van der Waals surface area contributed by atoms with Crippen LogP contribution in [0.3, 0.4) is 0 Å². The lowest BCUT2D eigenvalue weighted by atomic mass is 9.39. The van der Waals surface area contributed by atoms with Gasteiger partial charge in [-0.05, 0) is 67.8 Å². The molecule has 2 heterocycles. The van der Waals surface area contributed by atoms with Gasteiger partial charge in [0.2, 0.25) is 0 Å². The van der Waals surface area contributed by atoms with Crippen LogP contribution in [-0.4, -0.2) is 86.7 Å². The van der Waals surface area contributed by atoms with Gasteiger partial charge >= 0.3 is 17.9 Å². The molecular weight excluding hydrogens is 572 g/mol. The van der Waals surface area contributed by atoms with Crippen LogP contribution >= 0.6 is 0 Å². The summed E-state index contributed by atoms with van der Waals surface area (Å²) < 4.78 is 23.8. The third-order valence-corrected chi connectivity index (χ3v) is 14.1. The van der Waals surface area contributed by atoms with Crippen LogP contribution in [0.25, 0.3) is 0 Å². The quantitative estimate of drug-likeness (QED) is 0.200. The molecule has 244 valence electrons. The zero-order chi connectivity index (χ0) is 32.2.